The number of nitrogen functional groups attached to an aromatic ring is 2. The van der Waals surface area contributed by atoms with Crippen LogP contribution < -0.4 is 21.3 Å². The minimum Gasteiger partial charge on any atom is -0.393 e. The van der Waals surface area contributed by atoms with Gasteiger partial charge in [-0.3, -0.25) is 0 Å². The first kappa shape index (κ1) is 12.5. The second-order valence-corrected chi connectivity index (χ2v) is 4.81. The molecule has 1 aliphatic rings. The molecule has 0 unspecified atom stereocenters. The summed E-state index contributed by atoms with van der Waals surface area (Å²) < 4.78 is 0. The number of nitrogens with two attached hydrogens (primary N) is 2. The average Bonchev–Trinajstić information content (AvgIpc) is 2.51. The highest BCUT2D eigenvalue weighted by Crippen LogP contribution is 2.25. The highest BCUT2D eigenvalue weighted by atomic mass is 15.3. The van der Waals surface area contributed by atoms with Crippen molar-refractivity contribution < 1.29 is 0 Å². The molecule has 6 nitrogen and oxygen atoms in total. The van der Waals surface area contributed by atoms with Gasteiger partial charge in [0.25, 0.3) is 0 Å². The number of aromatic nitrogens is 2. The minimum atomic E-state index is 0.348. The van der Waals surface area contributed by atoms with E-state index in [1.165, 1.54) is 12.0 Å². The molecule has 0 amide bonds. The van der Waals surface area contributed by atoms with E-state index in [0.29, 0.717) is 11.5 Å². The van der Waals surface area contributed by atoms with E-state index < -0.39 is 0 Å². The molecule has 1 aliphatic heterocycles. The lowest BCUT2D eigenvalue weighted by Crippen LogP contribution is -2.47. The Hall–Kier alpha value is -2.50. The molecule has 3 rings (SSSR count). The van der Waals surface area contributed by atoms with Crippen molar-refractivity contribution in [3.05, 3.63) is 36.7 Å². The Balaban J connectivity index is 1.71. The lowest BCUT2D eigenvalue weighted by atomic mass is 10.2. The number of para-hydroxylation sites is 1. The molecule has 0 saturated carbocycles. The standard InChI is InChI=1S/C14H18N6/c15-12-13(16)17-10-18-14(12)20-8-6-19(7-9-20)11-4-2-1-3-5-11/h1-5,10H,6-9,15H2,(H2,16,17,18). The number of nitrogens with zero attached hydrogens (tertiary/aromatic N) is 4. The zero-order chi connectivity index (χ0) is 13.9. The molecule has 1 aromatic heterocycles. The molecule has 1 saturated heterocycles. The smallest absolute Gasteiger partial charge is 0.157 e. The fourth-order valence-electron chi connectivity index (χ4n) is 2.47. The normalized spacial score (nSPS) is 15.4. The number of hydrogen-bond acceptors (Lipinski definition) is 6. The average molecular weight is 270 g/mol. The fourth-order valence-corrected chi connectivity index (χ4v) is 2.47. The van der Waals surface area contributed by atoms with Crippen LogP contribution in [0.4, 0.5) is 23.0 Å². The Morgan fingerprint density at radius 3 is 2.20 bits per heavy atom. The van der Waals surface area contributed by atoms with Gasteiger partial charge in [-0.2, -0.15) is 0 Å². The molecule has 4 N–H and O–H groups in total. The lowest BCUT2D eigenvalue weighted by molar-refractivity contribution is 0.648. The van der Waals surface area contributed by atoms with Crippen molar-refractivity contribution in [2.75, 3.05) is 47.4 Å². The van der Waals surface area contributed by atoms with Crippen LogP contribution in [0.1, 0.15) is 0 Å². The van der Waals surface area contributed by atoms with Gasteiger partial charge in [0.1, 0.15) is 12.0 Å². The first-order chi connectivity index (χ1) is 9.75. The van der Waals surface area contributed by atoms with Crippen LogP contribution in [0.25, 0.3) is 0 Å². The molecule has 0 atom stereocenters. The van der Waals surface area contributed by atoms with E-state index in [-0.39, 0.29) is 0 Å². The van der Waals surface area contributed by atoms with Gasteiger partial charge in [-0.25, -0.2) is 9.97 Å². The summed E-state index contributed by atoms with van der Waals surface area (Å²) in [6, 6.07) is 10.4. The van der Waals surface area contributed by atoms with Crippen molar-refractivity contribution in [3.63, 3.8) is 0 Å². The summed E-state index contributed by atoms with van der Waals surface area (Å²) in [5.74, 6) is 1.09. The van der Waals surface area contributed by atoms with E-state index in [4.69, 9.17) is 11.5 Å². The number of piperazine rings is 1. The van der Waals surface area contributed by atoms with Gasteiger partial charge in [0.2, 0.25) is 0 Å². The van der Waals surface area contributed by atoms with Crippen molar-refractivity contribution in [1.29, 1.82) is 0 Å². The summed E-state index contributed by atoms with van der Waals surface area (Å²) in [6.45, 7) is 3.62. The van der Waals surface area contributed by atoms with E-state index in [0.717, 1.165) is 32.0 Å². The van der Waals surface area contributed by atoms with E-state index in [1.807, 2.05) is 6.07 Å². The molecule has 0 radical (unpaired) electrons. The Labute approximate surface area is 118 Å². The third kappa shape index (κ3) is 2.32. The molecule has 0 spiro atoms. The summed E-state index contributed by atoms with van der Waals surface area (Å²) in [4.78, 5) is 12.7. The predicted molar refractivity (Wildman–Crippen MR) is 81.7 cm³/mol. The molecule has 1 aromatic carbocycles. The van der Waals surface area contributed by atoms with Crippen LogP contribution in [0.15, 0.2) is 36.7 Å². The van der Waals surface area contributed by atoms with Gasteiger partial charge in [-0.15, -0.1) is 0 Å². The van der Waals surface area contributed by atoms with Crippen molar-refractivity contribution in [1.82, 2.24) is 9.97 Å². The van der Waals surface area contributed by atoms with Gasteiger partial charge in [0.15, 0.2) is 11.6 Å². The Bertz CT molecular complexity index is 577. The van der Waals surface area contributed by atoms with Crippen LogP contribution in [0.5, 0.6) is 0 Å². The molecule has 2 aromatic rings. The van der Waals surface area contributed by atoms with Gasteiger partial charge < -0.3 is 21.3 Å². The van der Waals surface area contributed by atoms with Gasteiger partial charge in [0, 0.05) is 31.9 Å². The fraction of sp³-hybridized carbons (Fsp3) is 0.286. The van der Waals surface area contributed by atoms with Crippen LogP contribution in [0, 0.1) is 0 Å². The molecule has 1 fully saturated rings. The Morgan fingerprint density at radius 1 is 0.850 bits per heavy atom. The summed E-state index contributed by atoms with van der Waals surface area (Å²) in [6.07, 6.45) is 1.46. The third-order valence-corrected chi connectivity index (χ3v) is 3.59. The molecule has 104 valence electrons. The zero-order valence-electron chi connectivity index (χ0n) is 11.2. The minimum absolute atomic E-state index is 0.348. The van der Waals surface area contributed by atoms with Crippen LogP contribution in [-0.2, 0) is 0 Å². The number of hydrogen-bond donors (Lipinski definition) is 2. The van der Waals surface area contributed by atoms with E-state index in [2.05, 4.69) is 44.0 Å². The van der Waals surface area contributed by atoms with Gasteiger partial charge in [-0.1, -0.05) is 18.2 Å². The summed E-state index contributed by atoms with van der Waals surface area (Å²) in [5, 5.41) is 0. The van der Waals surface area contributed by atoms with E-state index >= 15 is 0 Å². The van der Waals surface area contributed by atoms with Crippen molar-refractivity contribution >= 4 is 23.0 Å². The van der Waals surface area contributed by atoms with Crippen molar-refractivity contribution in [2.24, 2.45) is 0 Å². The van der Waals surface area contributed by atoms with E-state index in [9.17, 15) is 0 Å². The van der Waals surface area contributed by atoms with Crippen LogP contribution in [-0.4, -0.2) is 36.1 Å². The second-order valence-electron chi connectivity index (χ2n) is 4.81. The zero-order valence-corrected chi connectivity index (χ0v) is 11.2. The van der Waals surface area contributed by atoms with Crippen LogP contribution in [0.2, 0.25) is 0 Å². The van der Waals surface area contributed by atoms with Crippen molar-refractivity contribution in [3.8, 4) is 0 Å². The maximum absolute atomic E-state index is 5.95. The monoisotopic (exact) mass is 270 g/mol. The van der Waals surface area contributed by atoms with Crippen LogP contribution in [0.3, 0.4) is 0 Å². The van der Waals surface area contributed by atoms with Gasteiger partial charge in [0.05, 0.1) is 0 Å². The van der Waals surface area contributed by atoms with Crippen molar-refractivity contribution in [2.45, 2.75) is 0 Å². The summed E-state index contributed by atoms with van der Waals surface area (Å²) in [5.41, 5.74) is 13.4. The first-order valence-corrected chi connectivity index (χ1v) is 6.66. The first-order valence-electron chi connectivity index (χ1n) is 6.66. The second kappa shape index (κ2) is 5.24. The van der Waals surface area contributed by atoms with Gasteiger partial charge in [-0.05, 0) is 12.1 Å². The third-order valence-electron chi connectivity index (χ3n) is 3.59. The molecule has 0 aliphatic carbocycles. The topological polar surface area (TPSA) is 84.3 Å². The highest BCUT2D eigenvalue weighted by molar-refractivity contribution is 5.73. The number of anilines is 4. The SMILES string of the molecule is Nc1ncnc(N2CCN(c3ccccc3)CC2)c1N. The molecular weight excluding hydrogens is 252 g/mol. The molecular formula is C14H18N6. The summed E-state index contributed by atoms with van der Waals surface area (Å²) in [7, 11) is 0. The van der Waals surface area contributed by atoms with Crippen LogP contribution >= 0.6 is 0 Å². The Kier molecular flexibility index (Phi) is 3.28. The largest absolute Gasteiger partial charge is 0.393 e. The highest BCUT2D eigenvalue weighted by Gasteiger charge is 2.20. The summed E-state index contributed by atoms with van der Waals surface area (Å²) >= 11 is 0. The molecule has 6 heteroatoms. The lowest BCUT2D eigenvalue weighted by Gasteiger charge is -2.37. The van der Waals surface area contributed by atoms with Gasteiger partial charge >= 0.3 is 0 Å². The Morgan fingerprint density at radius 2 is 1.50 bits per heavy atom. The maximum Gasteiger partial charge on any atom is 0.157 e. The molecule has 2 heterocycles. The number of rotatable bonds is 2. The van der Waals surface area contributed by atoms with E-state index in [1.54, 1.807) is 0 Å². The molecule has 20 heavy (non-hydrogen) atoms. The molecule has 0 bridgehead atoms. The number of benzene rings is 1. The quantitative estimate of drug-likeness (QED) is 0.846. The predicted octanol–water partition coefficient (Wildman–Crippen LogP) is 0.968. The maximum atomic E-state index is 5.95.